The largest absolute Gasteiger partial charge is 0.488 e. The molecular formula is C16H21BrFNO. The van der Waals surface area contributed by atoms with Gasteiger partial charge in [-0.3, -0.25) is 4.90 Å². The van der Waals surface area contributed by atoms with Gasteiger partial charge in [0.2, 0.25) is 0 Å². The van der Waals surface area contributed by atoms with E-state index in [0.717, 1.165) is 36.2 Å². The van der Waals surface area contributed by atoms with Crippen molar-refractivity contribution in [1.82, 2.24) is 4.90 Å². The van der Waals surface area contributed by atoms with Crippen LogP contribution in [-0.2, 0) is 6.42 Å². The normalized spacial score (nSPS) is 26.9. The maximum Gasteiger partial charge on any atom is 0.123 e. The first kappa shape index (κ1) is 14.3. The highest BCUT2D eigenvalue weighted by molar-refractivity contribution is 9.09. The third-order valence-electron chi connectivity index (χ3n) is 4.38. The summed E-state index contributed by atoms with van der Waals surface area (Å²) in [5, 5.41) is 1.03. The molecule has 0 aliphatic carbocycles. The Morgan fingerprint density at radius 3 is 3.05 bits per heavy atom. The second-order valence-electron chi connectivity index (χ2n) is 5.85. The predicted octanol–water partition coefficient (Wildman–Crippen LogP) is 3.77. The molecule has 2 heterocycles. The molecular weight excluding hydrogens is 321 g/mol. The SMILES string of the molecule is Fc1ccc2c(c1)CC(CN1CCCCCC1CBr)O2. The van der Waals surface area contributed by atoms with Gasteiger partial charge >= 0.3 is 0 Å². The van der Waals surface area contributed by atoms with Crippen molar-refractivity contribution in [2.45, 2.75) is 44.2 Å². The number of fused-ring (bicyclic) bond motifs is 1. The Labute approximate surface area is 128 Å². The van der Waals surface area contributed by atoms with Crippen molar-refractivity contribution >= 4 is 15.9 Å². The second-order valence-corrected chi connectivity index (χ2v) is 6.50. The molecule has 1 fully saturated rings. The van der Waals surface area contributed by atoms with Gasteiger partial charge in [0.1, 0.15) is 17.7 Å². The van der Waals surface area contributed by atoms with Crippen LogP contribution < -0.4 is 4.74 Å². The van der Waals surface area contributed by atoms with Crippen LogP contribution in [0.15, 0.2) is 18.2 Å². The molecule has 2 aliphatic rings. The number of benzene rings is 1. The smallest absolute Gasteiger partial charge is 0.123 e. The van der Waals surface area contributed by atoms with E-state index in [1.807, 2.05) is 0 Å². The first-order valence-electron chi connectivity index (χ1n) is 7.51. The van der Waals surface area contributed by atoms with Gasteiger partial charge in [-0.2, -0.15) is 0 Å². The lowest BCUT2D eigenvalue weighted by atomic mass is 10.1. The summed E-state index contributed by atoms with van der Waals surface area (Å²) in [6, 6.07) is 5.46. The molecule has 0 amide bonds. The maximum absolute atomic E-state index is 13.2. The summed E-state index contributed by atoms with van der Waals surface area (Å²) >= 11 is 3.64. The van der Waals surface area contributed by atoms with E-state index in [9.17, 15) is 4.39 Å². The van der Waals surface area contributed by atoms with Crippen molar-refractivity contribution in [3.63, 3.8) is 0 Å². The van der Waals surface area contributed by atoms with Crippen LogP contribution in [0.25, 0.3) is 0 Å². The minimum Gasteiger partial charge on any atom is -0.488 e. The van der Waals surface area contributed by atoms with E-state index >= 15 is 0 Å². The highest BCUT2D eigenvalue weighted by atomic mass is 79.9. The summed E-state index contributed by atoms with van der Waals surface area (Å²) in [5.41, 5.74) is 1.01. The van der Waals surface area contributed by atoms with Gasteiger partial charge in [-0.1, -0.05) is 28.8 Å². The standard InChI is InChI=1S/C16H21BrFNO/c17-10-14-4-2-1-3-7-19(14)11-15-9-12-8-13(18)5-6-16(12)20-15/h5-6,8,14-15H,1-4,7,9-11H2. The van der Waals surface area contributed by atoms with Crippen LogP contribution in [-0.4, -0.2) is 35.5 Å². The molecule has 0 bridgehead atoms. The van der Waals surface area contributed by atoms with Gasteiger partial charge in [0.15, 0.2) is 0 Å². The highest BCUT2D eigenvalue weighted by Crippen LogP contribution is 2.30. The van der Waals surface area contributed by atoms with Gasteiger partial charge in [0.25, 0.3) is 0 Å². The van der Waals surface area contributed by atoms with Crippen LogP contribution in [0, 0.1) is 5.82 Å². The van der Waals surface area contributed by atoms with Crippen molar-refractivity contribution in [1.29, 1.82) is 0 Å². The summed E-state index contributed by atoms with van der Waals surface area (Å²) in [6.07, 6.45) is 6.20. The topological polar surface area (TPSA) is 12.5 Å². The highest BCUT2D eigenvalue weighted by Gasteiger charge is 2.28. The molecule has 0 spiro atoms. The molecule has 2 nitrogen and oxygen atoms in total. The Balaban J connectivity index is 1.64. The first-order valence-corrected chi connectivity index (χ1v) is 8.63. The van der Waals surface area contributed by atoms with Gasteiger partial charge in [0.05, 0.1) is 0 Å². The number of alkyl halides is 1. The quantitative estimate of drug-likeness (QED) is 0.776. The van der Waals surface area contributed by atoms with Crippen molar-refractivity contribution in [3.05, 3.63) is 29.6 Å². The van der Waals surface area contributed by atoms with E-state index in [4.69, 9.17) is 4.74 Å². The Bertz CT molecular complexity index is 468. The van der Waals surface area contributed by atoms with Crippen LogP contribution in [0.1, 0.15) is 31.2 Å². The zero-order chi connectivity index (χ0) is 13.9. The monoisotopic (exact) mass is 341 g/mol. The van der Waals surface area contributed by atoms with E-state index in [1.165, 1.54) is 31.7 Å². The number of rotatable bonds is 3. The van der Waals surface area contributed by atoms with E-state index in [2.05, 4.69) is 20.8 Å². The summed E-state index contributed by atoms with van der Waals surface area (Å²) in [4.78, 5) is 2.55. The summed E-state index contributed by atoms with van der Waals surface area (Å²) < 4.78 is 19.2. The summed E-state index contributed by atoms with van der Waals surface area (Å²) in [7, 11) is 0. The maximum atomic E-state index is 13.2. The molecule has 20 heavy (non-hydrogen) atoms. The molecule has 3 rings (SSSR count). The molecule has 1 saturated heterocycles. The second kappa shape index (κ2) is 6.44. The van der Waals surface area contributed by atoms with Gasteiger partial charge in [-0.15, -0.1) is 0 Å². The van der Waals surface area contributed by atoms with E-state index in [0.29, 0.717) is 6.04 Å². The average molecular weight is 342 g/mol. The third-order valence-corrected chi connectivity index (χ3v) is 5.13. The molecule has 2 unspecified atom stereocenters. The zero-order valence-electron chi connectivity index (χ0n) is 11.7. The minimum atomic E-state index is -0.166. The molecule has 0 aromatic heterocycles. The Kier molecular flexibility index (Phi) is 4.61. The van der Waals surface area contributed by atoms with Crippen molar-refractivity contribution in [2.75, 3.05) is 18.4 Å². The Hall–Kier alpha value is -0.610. The first-order chi connectivity index (χ1) is 9.76. The number of ether oxygens (including phenoxy) is 1. The summed E-state index contributed by atoms with van der Waals surface area (Å²) in [6.45, 7) is 2.10. The Morgan fingerprint density at radius 2 is 2.20 bits per heavy atom. The van der Waals surface area contributed by atoms with Crippen molar-refractivity contribution in [2.24, 2.45) is 0 Å². The molecule has 4 heteroatoms. The van der Waals surface area contributed by atoms with Gasteiger partial charge in [-0.05, 0) is 37.6 Å². The minimum absolute atomic E-state index is 0.166. The lowest BCUT2D eigenvalue weighted by Gasteiger charge is -2.30. The van der Waals surface area contributed by atoms with Crippen LogP contribution in [0.4, 0.5) is 4.39 Å². The van der Waals surface area contributed by atoms with E-state index in [-0.39, 0.29) is 11.9 Å². The van der Waals surface area contributed by atoms with Crippen molar-refractivity contribution in [3.8, 4) is 5.75 Å². The number of nitrogens with zero attached hydrogens (tertiary/aromatic N) is 1. The van der Waals surface area contributed by atoms with Gasteiger partial charge < -0.3 is 4.74 Å². The summed E-state index contributed by atoms with van der Waals surface area (Å²) in [5.74, 6) is 0.697. The number of halogens is 2. The molecule has 0 saturated carbocycles. The molecule has 2 atom stereocenters. The molecule has 2 aliphatic heterocycles. The van der Waals surface area contributed by atoms with Gasteiger partial charge in [-0.25, -0.2) is 4.39 Å². The fourth-order valence-corrected chi connectivity index (χ4v) is 4.04. The molecule has 110 valence electrons. The Morgan fingerprint density at radius 1 is 1.30 bits per heavy atom. The molecule has 0 N–H and O–H groups in total. The lowest BCUT2D eigenvalue weighted by molar-refractivity contribution is 0.126. The number of hydrogen-bond donors (Lipinski definition) is 0. The van der Waals surface area contributed by atoms with E-state index in [1.54, 1.807) is 12.1 Å². The molecule has 1 aromatic carbocycles. The lowest BCUT2D eigenvalue weighted by Crippen LogP contribution is -2.42. The zero-order valence-corrected chi connectivity index (χ0v) is 13.2. The number of likely N-dealkylation sites (tertiary alicyclic amines) is 1. The van der Waals surface area contributed by atoms with Gasteiger partial charge in [0, 0.05) is 29.9 Å². The number of hydrogen-bond acceptors (Lipinski definition) is 2. The third kappa shape index (κ3) is 3.17. The fraction of sp³-hybridized carbons (Fsp3) is 0.625. The van der Waals surface area contributed by atoms with E-state index < -0.39 is 0 Å². The van der Waals surface area contributed by atoms with Crippen LogP contribution in [0.3, 0.4) is 0 Å². The molecule has 0 radical (unpaired) electrons. The predicted molar refractivity (Wildman–Crippen MR) is 82.1 cm³/mol. The molecule has 1 aromatic rings. The van der Waals surface area contributed by atoms with Crippen LogP contribution >= 0.6 is 15.9 Å². The fourth-order valence-electron chi connectivity index (χ4n) is 3.30. The average Bonchev–Trinajstić information content (AvgIpc) is 2.68. The van der Waals surface area contributed by atoms with Crippen molar-refractivity contribution < 1.29 is 9.13 Å². The van der Waals surface area contributed by atoms with Crippen LogP contribution in [0.5, 0.6) is 5.75 Å². The van der Waals surface area contributed by atoms with Crippen LogP contribution in [0.2, 0.25) is 0 Å².